The SMILES string of the molecule is COC(=O)[C@H](N)Cc1ncc(Br)cc1F. The zero-order chi connectivity index (χ0) is 11.4. The molecule has 0 aliphatic heterocycles. The summed E-state index contributed by atoms with van der Waals surface area (Å²) in [7, 11) is 1.23. The third-order valence-electron chi connectivity index (χ3n) is 1.80. The van der Waals surface area contributed by atoms with Crippen LogP contribution in [0.4, 0.5) is 4.39 Å². The lowest BCUT2D eigenvalue weighted by Crippen LogP contribution is -2.34. The molecule has 0 aliphatic carbocycles. The summed E-state index contributed by atoms with van der Waals surface area (Å²) >= 11 is 3.08. The molecule has 0 saturated carbocycles. The second kappa shape index (κ2) is 5.18. The summed E-state index contributed by atoms with van der Waals surface area (Å²) in [6.07, 6.45) is 1.47. The number of rotatable bonds is 3. The number of hydrogen-bond donors (Lipinski definition) is 1. The molecule has 2 N–H and O–H groups in total. The highest BCUT2D eigenvalue weighted by atomic mass is 79.9. The first-order valence-electron chi connectivity index (χ1n) is 4.18. The molecular formula is C9H10BrFN2O2. The summed E-state index contributed by atoms with van der Waals surface area (Å²) < 4.78 is 18.2. The standard InChI is InChI=1S/C9H10BrFN2O2/c1-15-9(14)7(12)3-8-6(11)2-5(10)4-13-8/h2,4,7H,3,12H2,1H3/t7-/m1/s1. The molecule has 0 amide bonds. The van der Waals surface area contributed by atoms with E-state index in [9.17, 15) is 9.18 Å². The van der Waals surface area contributed by atoms with Crippen LogP contribution in [0.3, 0.4) is 0 Å². The molecule has 15 heavy (non-hydrogen) atoms. The first kappa shape index (κ1) is 12.1. The summed E-state index contributed by atoms with van der Waals surface area (Å²) in [5.74, 6) is -1.08. The number of halogens is 2. The lowest BCUT2D eigenvalue weighted by Gasteiger charge is -2.08. The van der Waals surface area contributed by atoms with Gasteiger partial charge in [-0.25, -0.2) is 4.39 Å². The largest absolute Gasteiger partial charge is 0.468 e. The minimum atomic E-state index is -0.891. The molecule has 6 heteroatoms. The van der Waals surface area contributed by atoms with Gasteiger partial charge >= 0.3 is 5.97 Å². The van der Waals surface area contributed by atoms with Gasteiger partial charge in [-0.2, -0.15) is 0 Å². The number of nitrogens with two attached hydrogens (primary N) is 1. The monoisotopic (exact) mass is 276 g/mol. The summed E-state index contributed by atoms with van der Waals surface area (Å²) in [6, 6.07) is 0.380. The molecule has 0 saturated heterocycles. The quantitative estimate of drug-likeness (QED) is 0.838. The van der Waals surface area contributed by atoms with Gasteiger partial charge < -0.3 is 10.5 Å². The number of aromatic nitrogens is 1. The van der Waals surface area contributed by atoms with Crippen LogP contribution in [0.5, 0.6) is 0 Å². The molecule has 0 aromatic carbocycles. The number of nitrogens with zero attached hydrogens (tertiary/aromatic N) is 1. The molecule has 0 radical (unpaired) electrons. The maximum absolute atomic E-state index is 13.3. The third kappa shape index (κ3) is 3.24. The van der Waals surface area contributed by atoms with E-state index in [1.54, 1.807) is 0 Å². The fraction of sp³-hybridized carbons (Fsp3) is 0.333. The Bertz CT molecular complexity index is 373. The second-order valence-corrected chi connectivity index (χ2v) is 3.83. The molecular weight excluding hydrogens is 267 g/mol. The third-order valence-corrected chi connectivity index (χ3v) is 2.23. The van der Waals surface area contributed by atoms with Gasteiger partial charge in [0.1, 0.15) is 11.9 Å². The highest BCUT2D eigenvalue weighted by Crippen LogP contribution is 2.13. The molecule has 0 spiro atoms. The van der Waals surface area contributed by atoms with Crippen molar-refractivity contribution in [3.63, 3.8) is 0 Å². The Kier molecular flexibility index (Phi) is 4.16. The van der Waals surface area contributed by atoms with Gasteiger partial charge in [-0.05, 0) is 22.0 Å². The van der Waals surface area contributed by atoms with Crippen LogP contribution in [0.25, 0.3) is 0 Å². The van der Waals surface area contributed by atoms with Crippen molar-refractivity contribution >= 4 is 21.9 Å². The predicted molar refractivity (Wildman–Crippen MR) is 55.6 cm³/mol. The van der Waals surface area contributed by atoms with Crippen LogP contribution < -0.4 is 5.73 Å². The predicted octanol–water partition coefficient (Wildman–Crippen LogP) is 1.03. The van der Waals surface area contributed by atoms with Gasteiger partial charge in [0.05, 0.1) is 12.8 Å². The van der Waals surface area contributed by atoms with E-state index in [-0.39, 0.29) is 12.1 Å². The lowest BCUT2D eigenvalue weighted by molar-refractivity contribution is -0.142. The van der Waals surface area contributed by atoms with E-state index in [1.807, 2.05) is 0 Å². The van der Waals surface area contributed by atoms with Gasteiger partial charge in [0.2, 0.25) is 0 Å². The first-order chi connectivity index (χ1) is 7.04. The molecule has 0 fully saturated rings. The molecule has 0 bridgehead atoms. The number of carbonyl (C=O) groups is 1. The normalized spacial score (nSPS) is 12.3. The Labute approximate surface area is 94.8 Å². The van der Waals surface area contributed by atoms with Crippen LogP contribution in [-0.2, 0) is 16.0 Å². The Morgan fingerprint density at radius 1 is 1.80 bits per heavy atom. The van der Waals surface area contributed by atoms with Crippen molar-refractivity contribution in [3.05, 3.63) is 28.2 Å². The zero-order valence-electron chi connectivity index (χ0n) is 8.04. The highest BCUT2D eigenvalue weighted by Gasteiger charge is 2.17. The van der Waals surface area contributed by atoms with Crippen LogP contribution in [0, 0.1) is 5.82 Å². The summed E-state index contributed by atoms with van der Waals surface area (Å²) in [4.78, 5) is 14.8. The van der Waals surface area contributed by atoms with Gasteiger partial charge in [-0.1, -0.05) is 0 Å². The van der Waals surface area contributed by atoms with Crippen LogP contribution in [0.15, 0.2) is 16.7 Å². The van der Waals surface area contributed by atoms with Crippen LogP contribution in [-0.4, -0.2) is 24.1 Å². The molecule has 1 aromatic rings. The van der Waals surface area contributed by atoms with Gasteiger partial charge in [0.15, 0.2) is 0 Å². The average molecular weight is 277 g/mol. The molecule has 0 unspecified atom stereocenters. The van der Waals surface area contributed by atoms with Crippen LogP contribution in [0.1, 0.15) is 5.69 Å². The maximum Gasteiger partial charge on any atom is 0.323 e. The van der Waals surface area contributed by atoms with E-state index >= 15 is 0 Å². The Balaban J connectivity index is 2.76. The fourth-order valence-electron chi connectivity index (χ4n) is 1.04. The average Bonchev–Trinajstić information content (AvgIpc) is 2.20. The van der Waals surface area contributed by atoms with Crippen molar-refractivity contribution in [2.45, 2.75) is 12.5 Å². The number of hydrogen-bond acceptors (Lipinski definition) is 4. The second-order valence-electron chi connectivity index (χ2n) is 2.92. The van der Waals surface area contributed by atoms with E-state index in [4.69, 9.17) is 5.73 Å². The number of methoxy groups -OCH3 is 1. The van der Waals surface area contributed by atoms with E-state index < -0.39 is 17.8 Å². The highest BCUT2D eigenvalue weighted by molar-refractivity contribution is 9.10. The summed E-state index contributed by atoms with van der Waals surface area (Å²) in [6.45, 7) is 0. The number of pyridine rings is 1. The molecule has 1 rings (SSSR count). The summed E-state index contributed by atoms with van der Waals surface area (Å²) in [5, 5.41) is 0. The van der Waals surface area contributed by atoms with Crippen molar-refractivity contribution in [1.82, 2.24) is 4.98 Å². The number of ether oxygens (including phenoxy) is 1. The molecule has 1 atom stereocenters. The van der Waals surface area contributed by atoms with Gasteiger partial charge in [0, 0.05) is 17.1 Å². The van der Waals surface area contributed by atoms with Gasteiger partial charge in [0.25, 0.3) is 0 Å². The van der Waals surface area contributed by atoms with E-state index in [1.165, 1.54) is 19.4 Å². The Morgan fingerprint density at radius 3 is 3.00 bits per heavy atom. The van der Waals surface area contributed by atoms with Crippen molar-refractivity contribution in [1.29, 1.82) is 0 Å². The Hall–Kier alpha value is -1.01. The maximum atomic E-state index is 13.3. The lowest BCUT2D eigenvalue weighted by atomic mass is 10.1. The number of carbonyl (C=O) groups excluding carboxylic acids is 1. The summed E-state index contributed by atoms with van der Waals surface area (Å²) in [5.41, 5.74) is 5.62. The van der Waals surface area contributed by atoms with E-state index in [2.05, 4.69) is 25.7 Å². The van der Waals surface area contributed by atoms with Crippen molar-refractivity contribution in [2.75, 3.05) is 7.11 Å². The smallest absolute Gasteiger partial charge is 0.323 e. The van der Waals surface area contributed by atoms with Crippen molar-refractivity contribution in [3.8, 4) is 0 Å². The molecule has 0 aliphatic rings. The van der Waals surface area contributed by atoms with E-state index in [0.717, 1.165) is 0 Å². The molecule has 1 heterocycles. The van der Waals surface area contributed by atoms with Crippen molar-refractivity contribution in [2.24, 2.45) is 5.73 Å². The van der Waals surface area contributed by atoms with Gasteiger partial charge in [-0.3, -0.25) is 9.78 Å². The van der Waals surface area contributed by atoms with Crippen LogP contribution in [0.2, 0.25) is 0 Å². The molecule has 1 aromatic heterocycles. The minimum absolute atomic E-state index is 0.0196. The zero-order valence-corrected chi connectivity index (χ0v) is 9.62. The van der Waals surface area contributed by atoms with Crippen LogP contribution >= 0.6 is 15.9 Å². The topological polar surface area (TPSA) is 65.2 Å². The first-order valence-corrected chi connectivity index (χ1v) is 4.97. The molecule has 4 nitrogen and oxygen atoms in total. The van der Waals surface area contributed by atoms with Gasteiger partial charge in [-0.15, -0.1) is 0 Å². The Morgan fingerprint density at radius 2 is 2.47 bits per heavy atom. The number of esters is 1. The van der Waals surface area contributed by atoms with Crippen molar-refractivity contribution < 1.29 is 13.9 Å². The fourth-order valence-corrected chi connectivity index (χ4v) is 1.34. The molecule has 82 valence electrons. The van der Waals surface area contributed by atoms with E-state index in [0.29, 0.717) is 4.47 Å². The minimum Gasteiger partial charge on any atom is -0.468 e.